The Balaban J connectivity index is 2.49. The summed E-state index contributed by atoms with van der Waals surface area (Å²) in [5.41, 5.74) is 0. The van der Waals surface area contributed by atoms with Gasteiger partial charge in [-0.3, -0.25) is 4.79 Å². The Bertz CT molecular complexity index is 193. The number of amides is 1. The predicted molar refractivity (Wildman–Crippen MR) is 54.8 cm³/mol. The molecule has 0 radical (unpaired) electrons. The Morgan fingerprint density at radius 1 is 1.62 bits per heavy atom. The second-order valence-corrected chi connectivity index (χ2v) is 4.51. The van der Waals surface area contributed by atoms with Crippen LogP contribution in [0.15, 0.2) is 0 Å². The van der Waals surface area contributed by atoms with Gasteiger partial charge in [-0.1, -0.05) is 6.92 Å². The van der Waals surface area contributed by atoms with Crippen molar-refractivity contribution in [2.45, 2.75) is 33.2 Å². The minimum Gasteiger partial charge on any atom is -0.339 e. The average Bonchev–Trinajstić information content (AvgIpc) is 2.76. The third kappa shape index (κ3) is 2.60. The Hall–Kier alpha value is -0.240. The van der Waals surface area contributed by atoms with Crippen molar-refractivity contribution in [2.24, 2.45) is 11.8 Å². The predicted octanol–water partition coefficient (Wildman–Crippen LogP) is 2.12. The smallest absolute Gasteiger partial charge is 0.226 e. The van der Waals surface area contributed by atoms with E-state index in [9.17, 15) is 4.79 Å². The van der Waals surface area contributed by atoms with E-state index in [0.717, 1.165) is 6.42 Å². The molecular weight excluding hydrogens is 186 g/mol. The van der Waals surface area contributed by atoms with E-state index in [4.69, 9.17) is 11.6 Å². The van der Waals surface area contributed by atoms with Crippen LogP contribution >= 0.6 is 11.6 Å². The van der Waals surface area contributed by atoms with Gasteiger partial charge in [-0.25, -0.2) is 0 Å². The lowest BCUT2D eigenvalue weighted by Crippen LogP contribution is -2.39. The minimum atomic E-state index is 0.277. The summed E-state index contributed by atoms with van der Waals surface area (Å²) in [7, 11) is 0. The van der Waals surface area contributed by atoms with E-state index < -0.39 is 0 Å². The molecule has 0 spiro atoms. The van der Waals surface area contributed by atoms with Crippen LogP contribution in [0.5, 0.6) is 0 Å². The van der Waals surface area contributed by atoms with Gasteiger partial charge in [-0.2, -0.15) is 0 Å². The SMILES string of the molecule is CC1CC1C(=O)N(CCCl)C(C)C. The second-order valence-electron chi connectivity index (χ2n) is 4.13. The highest BCUT2D eigenvalue weighted by atomic mass is 35.5. The van der Waals surface area contributed by atoms with Gasteiger partial charge in [0.1, 0.15) is 0 Å². The van der Waals surface area contributed by atoms with Gasteiger partial charge in [0.15, 0.2) is 0 Å². The van der Waals surface area contributed by atoms with Crippen LogP contribution in [0, 0.1) is 11.8 Å². The molecule has 0 N–H and O–H groups in total. The van der Waals surface area contributed by atoms with Gasteiger partial charge in [-0.15, -0.1) is 11.6 Å². The van der Waals surface area contributed by atoms with Crippen LogP contribution in [0.4, 0.5) is 0 Å². The first-order valence-corrected chi connectivity index (χ1v) is 5.47. The zero-order chi connectivity index (χ0) is 10.0. The van der Waals surface area contributed by atoms with Crippen molar-refractivity contribution in [3.05, 3.63) is 0 Å². The number of nitrogens with zero attached hydrogens (tertiary/aromatic N) is 1. The summed E-state index contributed by atoms with van der Waals surface area (Å²) in [6.07, 6.45) is 1.06. The maximum Gasteiger partial charge on any atom is 0.226 e. The molecule has 1 aliphatic rings. The van der Waals surface area contributed by atoms with Crippen LogP contribution < -0.4 is 0 Å². The lowest BCUT2D eigenvalue weighted by atomic mass is 10.2. The molecule has 0 aromatic heterocycles. The van der Waals surface area contributed by atoms with Gasteiger partial charge in [0.05, 0.1) is 0 Å². The number of alkyl halides is 1. The fourth-order valence-corrected chi connectivity index (χ4v) is 1.78. The van der Waals surface area contributed by atoms with Crippen molar-refractivity contribution in [2.75, 3.05) is 12.4 Å². The first kappa shape index (κ1) is 10.8. The van der Waals surface area contributed by atoms with E-state index in [2.05, 4.69) is 6.92 Å². The fraction of sp³-hybridized carbons (Fsp3) is 0.900. The first-order chi connectivity index (χ1) is 6.07. The van der Waals surface area contributed by atoms with Crippen molar-refractivity contribution < 1.29 is 4.79 Å². The third-order valence-corrected chi connectivity index (χ3v) is 2.83. The molecule has 1 amide bonds. The molecule has 76 valence electrons. The maximum absolute atomic E-state index is 11.8. The molecule has 1 saturated carbocycles. The molecule has 0 bridgehead atoms. The summed E-state index contributed by atoms with van der Waals surface area (Å²) in [6.45, 7) is 6.89. The van der Waals surface area contributed by atoms with Crippen molar-refractivity contribution in [1.82, 2.24) is 4.90 Å². The molecule has 2 unspecified atom stereocenters. The lowest BCUT2D eigenvalue weighted by Gasteiger charge is -2.26. The van der Waals surface area contributed by atoms with Crippen molar-refractivity contribution in [3.63, 3.8) is 0 Å². The standard InChI is InChI=1S/C10H18ClNO/c1-7(2)12(5-4-11)10(13)9-6-8(9)3/h7-9H,4-6H2,1-3H3. The van der Waals surface area contributed by atoms with E-state index in [0.29, 0.717) is 24.2 Å². The average molecular weight is 204 g/mol. The van der Waals surface area contributed by atoms with Gasteiger partial charge in [0, 0.05) is 24.4 Å². The maximum atomic E-state index is 11.8. The molecule has 1 rings (SSSR count). The molecule has 2 atom stereocenters. The topological polar surface area (TPSA) is 20.3 Å². The van der Waals surface area contributed by atoms with Crippen molar-refractivity contribution in [3.8, 4) is 0 Å². The second kappa shape index (κ2) is 4.32. The van der Waals surface area contributed by atoms with Gasteiger partial charge in [0.25, 0.3) is 0 Å². The van der Waals surface area contributed by atoms with Gasteiger partial charge < -0.3 is 4.90 Å². The van der Waals surface area contributed by atoms with E-state index in [-0.39, 0.29) is 12.0 Å². The molecule has 3 heteroatoms. The van der Waals surface area contributed by atoms with Gasteiger partial charge in [-0.05, 0) is 26.2 Å². The first-order valence-electron chi connectivity index (χ1n) is 4.94. The molecule has 1 fully saturated rings. The van der Waals surface area contributed by atoms with E-state index in [1.165, 1.54) is 0 Å². The highest BCUT2D eigenvalue weighted by molar-refractivity contribution is 6.18. The number of hydrogen-bond donors (Lipinski definition) is 0. The van der Waals surface area contributed by atoms with E-state index in [1.54, 1.807) is 0 Å². The molecular formula is C10H18ClNO. The summed E-state index contributed by atoms with van der Waals surface area (Å²) in [4.78, 5) is 13.7. The van der Waals surface area contributed by atoms with Crippen LogP contribution in [-0.2, 0) is 4.79 Å². The summed E-state index contributed by atoms with van der Waals surface area (Å²) in [5, 5.41) is 0. The molecule has 0 aromatic rings. The fourth-order valence-electron chi connectivity index (χ4n) is 1.59. The van der Waals surface area contributed by atoms with Crippen LogP contribution in [0.3, 0.4) is 0 Å². The molecule has 1 aliphatic carbocycles. The van der Waals surface area contributed by atoms with E-state index >= 15 is 0 Å². The summed E-state index contributed by atoms with van der Waals surface area (Å²) < 4.78 is 0. The van der Waals surface area contributed by atoms with Crippen LogP contribution in [0.1, 0.15) is 27.2 Å². The minimum absolute atomic E-state index is 0.277. The monoisotopic (exact) mass is 203 g/mol. The van der Waals surface area contributed by atoms with Crippen LogP contribution in [0.25, 0.3) is 0 Å². The number of hydrogen-bond acceptors (Lipinski definition) is 1. The highest BCUT2D eigenvalue weighted by Gasteiger charge is 2.41. The Labute approximate surface area is 85.2 Å². The summed E-state index contributed by atoms with van der Waals surface area (Å²) in [6, 6.07) is 0.277. The van der Waals surface area contributed by atoms with E-state index in [1.807, 2.05) is 18.7 Å². The number of carbonyl (C=O) groups excluding carboxylic acids is 1. The largest absolute Gasteiger partial charge is 0.339 e. The Morgan fingerprint density at radius 2 is 2.15 bits per heavy atom. The molecule has 0 heterocycles. The number of rotatable bonds is 4. The van der Waals surface area contributed by atoms with Crippen LogP contribution in [-0.4, -0.2) is 29.3 Å². The Morgan fingerprint density at radius 3 is 2.46 bits per heavy atom. The molecule has 2 nitrogen and oxygen atoms in total. The van der Waals surface area contributed by atoms with Gasteiger partial charge >= 0.3 is 0 Å². The lowest BCUT2D eigenvalue weighted by molar-refractivity contribution is -0.134. The van der Waals surface area contributed by atoms with Crippen molar-refractivity contribution >= 4 is 17.5 Å². The normalized spacial score (nSPS) is 26.2. The zero-order valence-corrected chi connectivity index (χ0v) is 9.34. The van der Waals surface area contributed by atoms with Gasteiger partial charge in [0.2, 0.25) is 5.91 Å². The zero-order valence-electron chi connectivity index (χ0n) is 8.59. The quantitative estimate of drug-likeness (QED) is 0.641. The third-order valence-electron chi connectivity index (χ3n) is 2.66. The summed E-state index contributed by atoms with van der Waals surface area (Å²) >= 11 is 5.65. The Kier molecular flexibility index (Phi) is 3.60. The number of halogens is 1. The molecule has 0 saturated heterocycles. The molecule has 13 heavy (non-hydrogen) atoms. The van der Waals surface area contributed by atoms with Crippen LogP contribution in [0.2, 0.25) is 0 Å². The van der Waals surface area contributed by atoms with Crippen molar-refractivity contribution in [1.29, 1.82) is 0 Å². The molecule has 0 aromatic carbocycles. The number of carbonyl (C=O) groups is 1. The molecule has 0 aliphatic heterocycles. The highest BCUT2D eigenvalue weighted by Crippen LogP contribution is 2.39. The summed E-state index contributed by atoms with van der Waals surface area (Å²) in [5.74, 6) is 1.70.